The highest BCUT2D eigenvalue weighted by atomic mass is 31.3. The van der Waals surface area contributed by atoms with Gasteiger partial charge in [-0.05, 0) is 0 Å². The molecule has 32 heavy (non-hydrogen) atoms. The minimum absolute atomic E-state index is 0.0348. The number of phosphoric acid groups is 3. The van der Waals surface area contributed by atoms with E-state index in [9.17, 15) is 28.5 Å². The predicted molar refractivity (Wildman–Crippen MR) is 100 cm³/mol. The van der Waals surface area contributed by atoms with Crippen molar-refractivity contribution in [2.75, 3.05) is 12.3 Å². The molecule has 1 aliphatic heterocycles. The molecule has 6 atom stereocenters. The molecule has 1 saturated heterocycles. The number of hydrogen-bond acceptors (Lipinski definition) is 13. The molecule has 10 N–H and O–H groups in total. The van der Waals surface area contributed by atoms with E-state index in [1.54, 1.807) is 0 Å². The summed E-state index contributed by atoms with van der Waals surface area (Å²) in [5, 5.41) is 10.3. The van der Waals surface area contributed by atoms with E-state index in [1.807, 2.05) is 0 Å². The maximum absolute atomic E-state index is 11.9. The summed E-state index contributed by atoms with van der Waals surface area (Å²) in [5.74, 6) is -0.236. The standard InChI is InChI=1S/C10H17N6O13P3/c11-4-6(17)3(1-26-31(22,23)29-32(24,25)28-30(19,20)21)27-9(4)16-2-13-5-7(16)14-10(12)15-8(5)18/h2-4,6,9,17H,1,11H2,(H,22,23)(H,24,25)(H2,19,20,21)(H3,12,14,15,18)/t3-,4?,6+,9-/m1/s1. The number of rotatable bonds is 8. The van der Waals surface area contributed by atoms with Crippen LogP contribution in [0.5, 0.6) is 0 Å². The Kier molecular flexibility index (Phi) is 6.78. The average molecular weight is 522 g/mol. The maximum Gasteiger partial charge on any atom is 0.490 e. The zero-order valence-electron chi connectivity index (χ0n) is 15.4. The van der Waals surface area contributed by atoms with Crippen molar-refractivity contribution in [1.29, 1.82) is 0 Å². The number of ether oxygens (including phenoxy) is 1. The predicted octanol–water partition coefficient (Wildman–Crippen LogP) is -2.37. The number of aliphatic hydroxyl groups excluding tert-OH is 1. The highest BCUT2D eigenvalue weighted by Crippen LogP contribution is 2.66. The number of fused-ring (bicyclic) bond motifs is 1. The number of aromatic nitrogens is 4. The van der Waals surface area contributed by atoms with Crippen molar-refractivity contribution in [3.05, 3.63) is 16.7 Å². The number of phosphoric ester groups is 1. The first-order valence-corrected chi connectivity index (χ1v) is 12.7. The number of imidazole rings is 1. The van der Waals surface area contributed by atoms with Crippen LogP contribution in [0.25, 0.3) is 11.2 Å². The monoisotopic (exact) mass is 522 g/mol. The van der Waals surface area contributed by atoms with Gasteiger partial charge in [0.25, 0.3) is 5.56 Å². The SMILES string of the molecule is Nc1nc2c(ncn2[C@@H]2O[C@H](COP(=O)(O)OP(=O)(O)OP(=O)(O)O)[C@H](O)C2N)c(=O)[nH]1. The second-order valence-electron chi connectivity index (χ2n) is 6.30. The third kappa shape index (κ3) is 5.67. The van der Waals surface area contributed by atoms with Crippen LogP contribution < -0.4 is 17.0 Å². The van der Waals surface area contributed by atoms with Crippen LogP contribution in [0.4, 0.5) is 5.95 Å². The maximum atomic E-state index is 11.9. The van der Waals surface area contributed by atoms with E-state index in [0.717, 1.165) is 6.33 Å². The molecule has 0 spiro atoms. The third-order valence-electron chi connectivity index (χ3n) is 3.96. The molecule has 0 aliphatic carbocycles. The Morgan fingerprint density at radius 1 is 1.19 bits per heavy atom. The van der Waals surface area contributed by atoms with Gasteiger partial charge in [-0.15, -0.1) is 0 Å². The van der Waals surface area contributed by atoms with E-state index in [1.165, 1.54) is 4.57 Å². The Labute approximate surface area is 176 Å². The molecule has 2 aromatic rings. The smallest absolute Gasteiger partial charge is 0.389 e. The van der Waals surface area contributed by atoms with Gasteiger partial charge in [-0.3, -0.25) is 18.9 Å². The van der Waals surface area contributed by atoms with Crippen molar-refractivity contribution in [3.63, 3.8) is 0 Å². The van der Waals surface area contributed by atoms with Gasteiger partial charge in [0.05, 0.1) is 19.0 Å². The Morgan fingerprint density at radius 2 is 1.84 bits per heavy atom. The van der Waals surface area contributed by atoms with Crippen LogP contribution in [-0.2, 0) is 31.6 Å². The van der Waals surface area contributed by atoms with Gasteiger partial charge in [0.1, 0.15) is 12.2 Å². The summed E-state index contributed by atoms with van der Waals surface area (Å²) in [7, 11) is -16.7. The highest BCUT2D eigenvalue weighted by molar-refractivity contribution is 7.66. The number of hydrogen-bond donors (Lipinski definition) is 8. The van der Waals surface area contributed by atoms with Gasteiger partial charge in [-0.2, -0.15) is 13.6 Å². The molecule has 0 radical (unpaired) electrons. The first-order chi connectivity index (χ1) is 14.6. The highest BCUT2D eigenvalue weighted by Gasteiger charge is 2.46. The van der Waals surface area contributed by atoms with Crippen LogP contribution in [0.3, 0.4) is 0 Å². The quantitative estimate of drug-likeness (QED) is 0.168. The van der Waals surface area contributed by atoms with E-state index >= 15 is 0 Å². The second kappa shape index (κ2) is 8.66. The number of anilines is 1. The molecule has 3 rings (SSSR count). The Morgan fingerprint density at radius 3 is 2.47 bits per heavy atom. The molecule has 180 valence electrons. The second-order valence-corrected chi connectivity index (χ2v) is 10.7. The van der Waals surface area contributed by atoms with E-state index < -0.39 is 60.1 Å². The zero-order valence-corrected chi connectivity index (χ0v) is 18.1. The molecule has 1 aliphatic rings. The van der Waals surface area contributed by atoms with Crippen molar-refractivity contribution in [2.45, 2.75) is 24.5 Å². The van der Waals surface area contributed by atoms with Crippen molar-refractivity contribution >= 4 is 40.6 Å². The molecular weight excluding hydrogens is 505 g/mol. The van der Waals surface area contributed by atoms with Crippen LogP contribution in [0.1, 0.15) is 6.23 Å². The van der Waals surface area contributed by atoms with Crippen LogP contribution in [-0.4, -0.2) is 69.1 Å². The summed E-state index contributed by atoms with van der Waals surface area (Å²) in [6, 6.07) is -1.19. The molecule has 22 heteroatoms. The van der Waals surface area contributed by atoms with Gasteiger partial charge in [-0.25, -0.2) is 18.7 Å². The number of aliphatic hydroxyl groups is 1. The summed E-state index contributed by atoms with van der Waals surface area (Å²) in [6.07, 6.45) is -2.99. The molecule has 3 heterocycles. The lowest BCUT2D eigenvalue weighted by atomic mass is 10.1. The van der Waals surface area contributed by atoms with E-state index in [4.69, 9.17) is 30.9 Å². The minimum Gasteiger partial charge on any atom is -0.389 e. The fourth-order valence-electron chi connectivity index (χ4n) is 2.76. The lowest BCUT2D eigenvalue weighted by Crippen LogP contribution is -2.40. The number of nitrogens with one attached hydrogen (secondary N) is 1. The van der Waals surface area contributed by atoms with E-state index in [2.05, 4.69) is 28.1 Å². The lowest BCUT2D eigenvalue weighted by molar-refractivity contribution is -0.0428. The summed E-state index contributed by atoms with van der Waals surface area (Å²) in [5.41, 5.74) is 10.6. The van der Waals surface area contributed by atoms with Gasteiger partial charge >= 0.3 is 23.5 Å². The van der Waals surface area contributed by atoms with Gasteiger partial charge in [0.15, 0.2) is 17.4 Å². The summed E-state index contributed by atoms with van der Waals surface area (Å²) >= 11 is 0. The molecule has 0 saturated carbocycles. The Hall–Kier alpha value is -1.56. The minimum atomic E-state index is -5.71. The molecule has 2 aromatic heterocycles. The van der Waals surface area contributed by atoms with E-state index in [0.29, 0.717) is 0 Å². The van der Waals surface area contributed by atoms with Crippen molar-refractivity contribution in [3.8, 4) is 0 Å². The average Bonchev–Trinajstić information content (AvgIpc) is 3.12. The summed E-state index contributed by atoms with van der Waals surface area (Å²) in [4.78, 5) is 57.5. The van der Waals surface area contributed by atoms with Gasteiger partial charge in [-0.1, -0.05) is 0 Å². The first-order valence-electron chi connectivity index (χ1n) is 8.18. The lowest BCUT2D eigenvalue weighted by Gasteiger charge is -2.19. The molecule has 19 nitrogen and oxygen atoms in total. The number of aromatic amines is 1. The third-order valence-corrected chi connectivity index (χ3v) is 7.76. The first kappa shape index (κ1) is 25.1. The van der Waals surface area contributed by atoms with Crippen molar-refractivity contribution in [1.82, 2.24) is 19.5 Å². The van der Waals surface area contributed by atoms with Crippen molar-refractivity contribution in [2.24, 2.45) is 5.73 Å². The molecular formula is C10H17N6O13P3. The number of nitrogens with zero attached hydrogens (tertiary/aromatic N) is 3. The topological polar surface area (TPSA) is 305 Å². The molecule has 0 aromatic carbocycles. The Balaban J connectivity index is 1.72. The van der Waals surface area contributed by atoms with Gasteiger partial charge < -0.3 is 40.9 Å². The van der Waals surface area contributed by atoms with E-state index in [-0.39, 0.29) is 17.1 Å². The van der Waals surface area contributed by atoms with Crippen LogP contribution in [0.2, 0.25) is 0 Å². The van der Waals surface area contributed by atoms with Crippen LogP contribution in [0, 0.1) is 0 Å². The summed E-state index contributed by atoms with van der Waals surface area (Å²) in [6.45, 7) is -0.933. The fraction of sp³-hybridized carbons (Fsp3) is 0.500. The summed E-state index contributed by atoms with van der Waals surface area (Å²) < 4.78 is 52.0. The van der Waals surface area contributed by atoms with Gasteiger partial charge in [0, 0.05) is 0 Å². The molecule has 0 amide bonds. The molecule has 3 unspecified atom stereocenters. The number of nitrogens with two attached hydrogens (primary N) is 2. The number of H-pyrrole nitrogens is 1. The van der Waals surface area contributed by atoms with Crippen LogP contribution in [0.15, 0.2) is 11.1 Å². The number of nitrogen functional groups attached to an aromatic ring is 1. The Bertz CT molecular complexity index is 1210. The van der Waals surface area contributed by atoms with Gasteiger partial charge in [0.2, 0.25) is 5.95 Å². The molecule has 0 bridgehead atoms. The zero-order chi connectivity index (χ0) is 24.1. The van der Waals surface area contributed by atoms with Crippen LogP contribution >= 0.6 is 23.5 Å². The normalized spacial score (nSPS) is 27.9. The van der Waals surface area contributed by atoms with Crippen molar-refractivity contribution < 1.29 is 56.3 Å². The largest absolute Gasteiger partial charge is 0.490 e. The molecule has 1 fully saturated rings. The fourth-order valence-corrected chi connectivity index (χ4v) is 5.79.